The molecule has 3 amide bonds. The van der Waals surface area contributed by atoms with E-state index in [-0.39, 0.29) is 56.3 Å². The molecule has 1 aromatic rings. The van der Waals surface area contributed by atoms with E-state index in [2.05, 4.69) is 10.3 Å². The third kappa shape index (κ3) is 3.81. The Morgan fingerprint density at radius 2 is 1.91 bits per heavy atom. The molecule has 33 heavy (non-hydrogen) atoms. The first-order valence-corrected chi connectivity index (χ1v) is 10.9. The van der Waals surface area contributed by atoms with Crippen molar-refractivity contribution in [3.05, 3.63) is 35.1 Å². The van der Waals surface area contributed by atoms with Crippen LogP contribution in [0.15, 0.2) is 23.2 Å². The number of nitrogens with one attached hydrogen (secondary N) is 1. The van der Waals surface area contributed by atoms with Crippen LogP contribution in [0.2, 0.25) is 0 Å². The number of aryl methyl sites for hydroxylation is 1. The summed E-state index contributed by atoms with van der Waals surface area (Å²) in [4.78, 5) is 57.7. The summed E-state index contributed by atoms with van der Waals surface area (Å²) in [6, 6.07) is 2.72. The second kappa shape index (κ2) is 8.00. The number of alkyl halides is 1. The van der Waals surface area contributed by atoms with E-state index in [1.54, 1.807) is 20.0 Å². The number of amidine groups is 1. The van der Waals surface area contributed by atoms with Crippen LogP contribution in [0.3, 0.4) is 0 Å². The van der Waals surface area contributed by atoms with Crippen LogP contribution in [0, 0.1) is 12.7 Å². The Labute approximate surface area is 190 Å². The molecule has 176 valence electrons. The molecule has 10 heteroatoms. The summed E-state index contributed by atoms with van der Waals surface area (Å²) >= 11 is 0. The maximum atomic E-state index is 15.4. The number of likely N-dealkylation sites (N-methyl/N-ethyl adjacent to an activating group) is 1. The van der Waals surface area contributed by atoms with Gasteiger partial charge in [0.25, 0.3) is 17.6 Å². The highest BCUT2D eigenvalue weighted by atomic mass is 19.1. The number of fused-ring (bicyclic) bond motifs is 2. The number of carbonyl (C=O) groups excluding carboxylic acids is 4. The number of ketones is 1. The van der Waals surface area contributed by atoms with Crippen LogP contribution in [0.25, 0.3) is 0 Å². The van der Waals surface area contributed by atoms with E-state index < -0.39 is 34.8 Å². The molecule has 3 fully saturated rings. The summed E-state index contributed by atoms with van der Waals surface area (Å²) in [6.07, 6.45) is 0.698. The van der Waals surface area contributed by atoms with Gasteiger partial charge in [-0.3, -0.25) is 24.1 Å². The number of Topliss-reactive ketones (excluding diaryl/α,β-unsaturated/α-hetero) is 1. The van der Waals surface area contributed by atoms with E-state index in [4.69, 9.17) is 0 Å². The Morgan fingerprint density at radius 3 is 2.52 bits per heavy atom. The van der Waals surface area contributed by atoms with Crippen LogP contribution >= 0.6 is 0 Å². The molecule has 5 rings (SSSR count). The third-order valence-electron chi connectivity index (χ3n) is 7.09. The fourth-order valence-corrected chi connectivity index (χ4v) is 4.96. The SMILES string of the molecule is CC(=O)N(C)C12CCC(F)(CC1)CN1C(=O)C(=O)C(C(=O)NCc3ccc(F)c(C)c3)N=C12. The fraction of sp³-hybridized carbons (Fsp3) is 0.522. The van der Waals surface area contributed by atoms with Crippen molar-refractivity contribution in [3.8, 4) is 0 Å². The van der Waals surface area contributed by atoms with Crippen molar-refractivity contribution >= 4 is 29.3 Å². The number of nitrogens with zero attached hydrogens (tertiary/aromatic N) is 3. The fourth-order valence-electron chi connectivity index (χ4n) is 4.96. The van der Waals surface area contributed by atoms with Gasteiger partial charge in [0.05, 0.1) is 6.54 Å². The van der Waals surface area contributed by atoms with Gasteiger partial charge in [0.15, 0.2) is 6.04 Å². The van der Waals surface area contributed by atoms with E-state index >= 15 is 4.39 Å². The number of hydrogen-bond donors (Lipinski definition) is 1. The van der Waals surface area contributed by atoms with Gasteiger partial charge in [0, 0.05) is 20.5 Å². The molecule has 1 N–H and O–H groups in total. The van der Waals surface area contributed by atoms with Crippen molar-refractivity contribution < 1.29 is 28.0 Å². The van der Waals surface area contributed by atoms with E-state index in [0.717, 1.165) is 4.90 Å². The van der Waals surface area contributed by atoms with Crippen molar-refractivity contribution in [2.75, 3.05) is 13.6 Å². The van der Waals surface area contributed by atoms with E-state index in [1.807, 2.05) is 0 Å². The second-order valence-corrected chi connectivity index (χ2v) is 9.17. The number of aliphatic imine (C=N–C) groups is 1. The molecular formula is C23H26F2N4O4. The molecule has 1 aromatic carbocycles. The number of amides is 3. The van der Waals surface area contributed by atoms with Gasteiger partial charge >= 0.3 is 0 Å². The zero-order valence-corrected chi connectivity index (χ0v) is 18.8. The monoisotopic (exact) mass is 460 g/mol. The molecule has 1 unspecified atom stereocenters. The van der Waals surface area contributed by atoms with Crippen molar-refractivity contribution in [2.24, 2.45) is 4.99 Å². The van der Waals surface area contributed by atoms with Gasteiger partial charge in [0.2, 0.25) is 5.91 Å². The molecule has 4 aliphatic rings. The van der Waals surface area contributed by atoms with E-state index in [9.17, 15) is 23.6 Å². The standard InChI is InChI=1S/C23H26F2N4O4/c1-13-10-15(4-5-16(13)24)11-26-19(32)17-18(31)20(33)29-12-22(25)6-8-23(9-7-22,21(29)27-17)28(3)14(2)30/h4-5,10,17H,6-9,11-12H2,1-3H3,(H,26,32). The van der Waals surface area contributed by atoms with Crippen LogP contribution < -0.4 is 5.32 Å². The lowest BCUT2D eigenvalue weighted by Crippen LogP contribution is -2.64. The van der Waals surface area contributed by atoms with Crippen molar-refractivity contribution in [3.63, 3.8) is 0 Å². The lowest BCUT2D eigenvalue weighted by Gasteiger charge is -2.46. The lowest BCUT2D eigenvalue weighted by atomic mass is 9.75. The van der Waals surface area contributed by atoms with Gasteiger partial charge in [0.1, 0.15) is 22.9 Å². The normalized spacial score (nSPS) is 28.7. The Bertz CT molecular complexity index is 1080. The molecule has 8 nitrogen and oxygen atoms in total. The molecule has 2 saturated heterocycles. The highest BCUT2D eigenvalue weighted by Gasteiger charge is 2.59. The molecule has 0 aromatic heterocycles. The number of rotatable bonds is 4. The number of halogens is 2. The molecule has 1 saturated carbocycles. The largest absolute Gasteiger partial charge is 0.350 e. The molecule has 1 atom stereocenters. The average Bonchev–Trinajstić information content (AvgIpc) is 2.99. The van der Waals surface area contributed by atoms with Crippen LogP contribution in [0.4, 0.5) is 8.78 Å². The summed E-state index contributed by atoms with van der Waals surface area (Å²) in [5.41, 5.74) is -1.72. The summed E-state index contributed by atoms with van der Waals surface area (Å²) in [7, 11) is 1.56. The summed E-state index contributed by atoms with van der Waals surface area (Å²) in [5.74, 6) is -3.39. The first-order valence-electron chi connectivity index (χ1n) is 10.9. The van der Waals surface area contributed by atoms with Gasteiger partial charge in [-0.25, -0.2) is 13.8 Å². The number of benzene rings is 1. The van der Waals surface area contributed by atoms with Crippen LogP contribution in [-0.2, 0) is 25.7 Å². The Balaban J connectivity index is 1.67. The van der Waals surface area contributed by atoms with E-state index in [0.29, 0.717) is 11.1 Å². The molecular weight excluding hydrogens is 434 g/mol. The zero-order chi connectivity index (χ0) is 24.1. The van der Waals surface area contributed by atoms with Crippen LogP contribution in [-0.4, -0.2) is 70.0 Å². The number of carbonyl (C=O) groups is 4. The molecule has 0 radical (unpaired) electrons. The maximum absolute atomic E-state index is 15.4. The van der Waals surface area contributed by atoms with Crippen LogP contribution in [0.5, 0.6) is 0 Å². The highest BCUT2D eigenvalue weighted by Crippen LogP contribution is 2.46. The highest BCUT2D eigenvalue weighted by molar-refractivity contribution is 6.46. The summed E-state index contributed by atoms with van der Waals surface area (Å²) in [5, 5.41) is 2.58. The topological polar surface area (TPSA) is 99.2 Å². The minimum absolute atomic E-state index is 0.0125. The second-order valence-electron chi connectivity index (χ2n) is 9.17. The van der Waals surface area contributed by atoms with Crippen molar-refractivity contribution in [1.29, 1.82) is 0 Å². The van der Waals surface area contributed by atoms with Gasteiger partial charge in [-0.15, -0.1) is 0 Å². The summed E-state index contributed by atoms with van der Waals surface area (Å²) < 4.78 is 28.8. The van der Waals surface area contributed by atoms with Gasteiger partial charge in [-0.2, -0.15) is 0 Å². The van der Waals surface area contributed by atoms with Gasteiger partial charge in [-0.05, 0) is 49.8 Å². The quantitative estimate of drug-likeness (QED) is 0.543. The Morgan fingerprint density at radius 1 is 1.24 bits per heavy atom. The Kier molecular flexibility index (Phi) is 5.58. The molecule has 3 aliphatic heterocycles. The molecule has 0 spiro atoms. The van der Waals surface area contributed by atoms with Crippen molar-refractivity contribution in [1.82, 2.24) is 15.1 Å². The lowest BCUT2D eigenvalue weighted by molar-refractivity contribution is -0.146. The first kappa shape index (κ1) is 23.0. The van der Waals surface area contributed by atoms with E-state index in [1.165, 1.54) is 24.0 Å². The maximum Gasteiger partial charge on any atom is 0.298 e. The third-order valence-corrected chi connectivity index (χ3v) is 7.09. The predicted octanol–water partition coefficient (Wildman–Crippen LogP) is 1.44. The average molecular weight is 460 g/mol. The van der Waals surface area contributed by atoms with Crippen LogP contribution in [0.1, 0.15) is 43.7 Å². The minimum Gasteiger partial charge on any atom is -0.350 e. The number of hydrogen-bond acceptors (Lipinski definition) is 5. The zero-order valence-electron chi connectivity index (χ0n) is 18.8. The minimum atomic E-state index is -1.68. The van der Waals surface area contributed by atoms with Gasteiger partial charge < -0.3 is 10.2 Å². The molecule has 3 heterocycles. The first-order chi connectivity index (χ1) is 15.5. The molecule has 2 bridgehead atoms. The van der Waals surface area contributed by atoms with Crippen molar-refractivity contribution in [2.45, 2.75) is 63.3 Å². The summed E-state index contributed by atoms with van der Waals surface area (Å²) in [6.45, 7) is 2.65. The molecule has 1 aliphatic carbocycles. The predicted molar refractivity (Wildman–Crippen MR) is 114 cm³/mol. The Hall–Kier alpha value is -3.17. The van der Waals surface area contributed by atoms with Gasteiger partial charge in [-0.1, -0.05) is 12.1 Å². The smallest absolute Gasteiger partial charge is 0.298 e.